The topological polar surface area (TPSA) is 82.3 Å². The van der Waals surface area contributed by atoms with E-state index >= 15 is 0 Å². The Kier molecular flexibility index (Phi) is 6.25. The molecule has 2 aromatic rings. The van der Waals surface area contributed by atoms with Gasteiger partial charge in [-0.2, -0.15) is 5.10 Å². The SMILES string of the molecule is COCCNC(=O)C1(Nc2ccccc2)CCN(Cc2cn[nH]c2)CC1. The zero-order valence-corrected chi connectivity index (χ0v) is 15.2. The number of nitrogens with one attached hydrogen (secondary N) is 3. The molecular formula is C19H27N5O2. The summed E-state index contributed by atoms with van der Waals surface area (Å²) in [5.74, 6) is 0.0429. The molecule has 1 aromatic heterocycles. The molecule has 0 unspecified atom stereocenters. The third kappa shape index (κ3) is 4.62. The first-order chi connectivity index (χ1) is 12.7. The number of rotatable bonds is 8. The molecule has 1 fully saturated rings. The van der Waals surface area contributed by atoms with Crippen molar-refractivity contribution in [2.24, 2.45) is 0 Å². The summed E-state index contributed by atoms with van der Waals surface area (Å²) in [5, 5.41) is 13.4. The van der Waals surface area contributed by atoms with Crippen molar-refractivity contribution < 1.29 is 9.53 Å². The molecular weight excluding hydrogens is 330 g/mol. The van der Waals surface area contributed by atoms with Crippen LogP contribution in [0, 0.1) is 0 Å². The molecule has 3 rings (SSSR count). The number of para-hydroxylation sites is 1. The van der Waals surface area contributed by atoms with Crippen LogP contribution in [0.5, 0.6) is 0 Å². The van der Waals surface area contributed by atoms with Gasteiger partial charge in [0.1, 0.15) is 5.54 Å². The van der Waals surface area contributed by atoms with Gasteiger partial charge in [-0.05, 0) is 25.0 Å². The second kappa shape index (κ2) is 8.82. The highest BCUT2D eigenvalue weighted by molar-refractivity contribution is 5.89. The van der Waals surface area contributed by atoms with Gasteiger partial charge in [-0.15, -0.1) is 0 Å². The summed E-state index contributed by atoms with van der Waals surface area (Å²) in [6.07, 6.45) is 5.26. The Bertz CT molecular complexity index is 667. The lowest BCUT2D eigenvalue weighted by molar-refractivity contribution is -0.127. The normalized spacial score (nSPS) is 17.0. The summed E-state index contributed by atoms with van der Waals surface area (Å²) < 4.78 is 5.05. The molecule has 0 aliphatic carbocycles. The summed E-state index contributed by atoms with van der Waals surface area (Å²) >= 11 is 0. The molecule has 0 atom stereocenters. The number of ether oxygens (including phenoxy) is 1. The van der Waals surface area contributed by atoms with E-state index < -0.39 is 5.54 Å². The first-order valence-corrected chi connectivity index (χ1v) is 9.02. The van der Waals surface area contributed by atoms with E-state index in [1.54, 1.807) is 7.11 Å². The molecule has 26 heavy (non-hydrogen) atoms. The molecule has 0 radical (unpaired) electrons. The van der Waals surface area contributed by atoms with Crippen LogP contribution < -0.4 is 10.6 Å². The van der Waals surface area contributed by atoms with Crippen LogP contribution in [0.25, 0.3) is 0 Å². The van der Waals surface area contributed by atoms with Crippen LogP contribution >= 0.6 is 0 Å². The van der Waals surface area contributed by atoms with E-state index in [1.807, 2.05) is 42.7 Å². The van der Waals surface area contributed by atoms with Crippen molar-refractivity contribution in [2.45, 2.75) is 24.9 Å². The Balaban J connectivity index is 1.67. The molecule has 1 aliphatic rings. The zero-order chi connectivity index (χ0) is 18.2. The lowest BCUT2D eigenvalue weighted by Gasteiger charge is -2.41. The van der Waals surface area contributed by atoms with Crippen LogP contribution in [0.15, 0.2) is 42.7 Å². The van der Waals surface area contributed by atoms with Gasteiger partial charge >= 0.3 is 0 Å². The first kappa shape index (κ1) is 18.4. The number of methoxy groups -OCH3 is 1. The smallest absolute Gasteiger partial charge is 0.245 e. The molecule has 7 heteroatoms. The van der Waals surface area contributed by atoms with Gasteiger partial charge in [0, 0.05) is 50.7 Å². The summed E-state index contributed by atoms with van der Waals surface area (Å²) in [7, 11) is 1.64. The van der Waals surface area contributed by atoms with E-state index in [9.17, 15) is 4.79 Å². The van der Waals surface area contributed by atoms with Crippen LogP contribution in [-0.2, 0) is 16.1 Å². The van der Waals surface area contributed by atoms with Crippen molar-refractivity contribution in [3.05, 3.63) is 48.3 Å². The van der Waals surface area contributed by atoms with Gasteiger partial charge in [-0.1, -0.05) is 18.2 Å². The molecule has 7 nitrogen and oxygen atoms in total. The van der Waals surface area contributed by atoms with E-state index in [2.05, 4.69) is 25.7 Å². The van der Waals surface area contributed by atoms with E-state index in [0.717, 1.165) is 43.7 Å². The van der Waals surface area contributed by atoms with Gasteiger partial charge in [0.15, 0.2) is 0 Å². The number of carbonyl (C=O) groups is 1. The average molecular weight is 357 g/mol. The molecule has 3 N–H and O–H groups in total. The third-order valence-electron chi connectivity index (χ3n) is 4.85. The van der Waals surface area contributed by atoms with Crippen LogP contribution in [0.3, 0.4) is 0 Å². The minimum Gasteiger partial charge on any atom is -0.383 e. The number of piperidine rings is 1. The highest BCUT2D eigenvalue weighted by atomic mass is 16.5. The van der Waals surface area contributed by atoms with Crippen LogP contribution in [0.1, 0.15) is 18.4 Å². The summed E-state index contributed by atoms with van der Waals surface area (Å²) in [6.45, 7) is 3.58. The van der Waals surface area contributed by atoms with E-state index in [0.29, 0.717) is 13.2 Å². The maximum atomic E-state index is 13.0. The molecule has 1 saturated heterocycles. The molecule has 0 bridgehead atoms. The Morgan fingerprint density at radius 1 is 1.31 bits per heavy atom. The van der Waals surface area contributed by atoms with Crippen LogP contribution in [0.2, 0.25) is 0 Å². The van der Waals surface area contributed by atoms with Gasteiger partial charge in [0.05, 0.1) is 12.8 Å². The minimum atomic E-state index is -0.595. The zero-order valence-electron chi connectivity index (χ0n) is 15.2. The van der Waals surface area contributed by atoms with Crippen molar-refractivity contribution in [1.29, 1.82) is 0 Å². The Labute approximate surface area is 154 Å². The number of nitrogens with zero attached hydrogens (tertiary/aromatic N) is 2. The first-order valence-electron chi connectivity index (χ1n) is 9.02. The molecule has 0 spiro atoms. The number of likely N-dealkylation sites (tertiary alicyclic amines) is 1. The highest BCUT2D eigenvalue weighted by Crippen LogP contribution is 2.28. The fourth-order valence-electron chi connectivity index (χ4n) is 3.36. The Morgan fingerprint density at radius 3 is 2.73 bits per heavy atom. The maximum Gasteiger partial charge on any atom is 0.245 e. The highest BCUT2D eigenvalue weighted by Gasteiger charge is 2.41. The third-order valence-corrected chi connectivity index (χ3v) is 4.85. The van der Waals surface area contributed by atoms with E-state index in [4.69, 9.17) is 4.74 Å². The molecule has 1 amide bonds. The molecule has 0 saturated carbocycles. The Hall–Kier alpha value is -2.38. The number of H-pyrrole nitrogens is 1. The lowest BCUT2D eigenvalue weighted by atomic mass is 9.85. The van der Waals surface area contributed by atoms with Crippen molar-refractivity contribution in [3.63, 3.8) is 0 Å². The summed E-state index contributed by atoms with van der Waals surface area (Å²) in [4.78, 5) is 15.3. The Morgan fingerprint density at radius 2 is 2.08 bits per heavy atom. The van der Waals surface area contributed by atoms with Gasteiger partial charge in [-0.3, -0.25) is 14.8 Å². The van der Waals surface area contributed by atoms with Crippen molar-refractivity contribution in [2.75, 3.05) is 38.7 Å². The lowest BCUT2D eigenvalue weighted by Crippen LogP contribution is -2.58. The number of amides is 1. The second-order valence-electron chi connectivity index (χ2n) is 6.70. The number of hydrogen-bond donors (Lipinski definition) is 3. The predicted octanol–water partition coefficient (Wildman–Crippen LogP) is 1.62. The fraction of sp³-hybridized carbons (Fsp3) is 0.474. The van der Waals surface area contributed by atoms with Crippen LogP contribution in [0.4, 0.5) is 5.69 Å². The van der Waals surface area contributed by atoms with E-state index in [1.165, 1.54) is 0 Å². The number of anilines is 1. The number of hydrogen-bond acceptors (Lipinski definition) is 5. The number of carbonyl (C=O) groups excluding carboxylic acids is 1. The molecule has 1 aromatic carbocycles. The van der Waals surface area contributed by atoms with E-state index in [-0.39, 0.29) is 5.91 Å². The van der Waals surface area contributed by atoms with Crippen molar-refractivity contribution in [3.8, 4) is 0 Å². The molecule has 140 valence electrons. The standard InChI is InChI=1S/C19H27N5O2/c1-26-12-9-20-18(25)19(23-17-5-3-2-4-6-17)7-10-24(11-8-19)15-16-13-21-22-14-16/h2-6,13-14,23H,7-12,15H2,1H3,(H,20,25)(H,21,22). The minimum absolute atomic E-state index is 0.0429. The van der Waals surface area contributed by atoms with Crippen molar-refractivity contribution >= 4 is 11.6 Å². The van der Waals surface area contributed by atoms with Crippen molar-refractivity contribution in [1.82, 2.24) is 20.4 Å². The molecule has 1 aliphatic heterocycles. The van der Waals surface area contributed by atoms with Gasteiger partial charge in [0.25, 0.3) is 0 Å². The number of benzene rings is 1. The van der Waals surface area contributed by atoms with Gasteiger partial charge in [0.2, 0.25) is 5.91 Å². The maximum absolute atomic E-state index is 13.0. The summed E-state index contributed by atoms with van der Waals surface area (Å²) in [5.41, 5.74) is 1.54. The second-order valence-corrected chi connectivity index (χ2v) is 6.70. The number of aromatic nitrogens is 2. The van der Waals surface area contributed by atoms with Crippen LogP contribution in [-0.4, -0.2) is 59.9 Å². The predicted molar refractivity (Wildman–Crippen MR) is 101 cm³/mol. The van der Waals surface area contributed by atoms with Gasteiger partial charge < -0.3 is 15.4 Å². The number of aromatic amines is 1. The summed E-state index contributed by atoms with van der Waals surface area (Å²) in [6, 6.07) is 9.94. The quantitative estimate of drug-likeness (QED) is 0.626. The van der Waals surface area contributed by atoms with Gasteiger partial charge in [-0.25, -0.2) is 0 Å². The largest absolute Gasteiger partial charge is 0.383 e. The average Bonchev–Trinajstić information content (AvgIpc) is 3.17. The fourth-order valence-corrected chi connectivity index (χ4v) is 3.36. The molecule has 2 heterocycles. The monoisotopic (exact) mass is 357 g/mol.